The SMILES string of the molecule is COc1ccc(/C=N\Nc2cc(C)nc(-c3ccc(Br)cc3)n2)cc1OC. The van der Waals surface area contributed by atoms with E-state index in [9.17, 15) is 0 Å². The molecule has 0 aliphatic carbocycles. The van der Waals surface area contributed by atoms with Crippen LogP contribution in [0.5, 0.6) is 11.5 Å². The zero-order chi connectivity index (χ0) is 19.2. The molecule has 1 aromatic heterocycles. The topological polar surface area (TPSA) is 68.6 Å². The molecule has 0 unspecified atom stereocenters. The van der Waals surface area contributed by atoms with Crippen molar-refractivity contribution in [1.29, 1.82) is 0 Å². The van der Waals surface area contributed by atoms with E-state index in [0.717, 1.165) is 21.3 Å². The Hall–Kier alpha value is -2.93. The van der Waals surface area contributed by atoms with Crippen LogP contribution in [0.1, 0.15) is 11.3 Å². The Balaban J connectivity index is 1.78. The van der Waals surface area contributed by atoms with Crippen LogP contribution >= 0.6 is 15.9 Å². The minimum atomic E-state index is 0.622. The average molecular weight is 427 g/mol. The summed E-state index contributed by atoms with van der Waals surface area (Å²) in [5, 5.41) is 4.26. The number of hydrogen-bond acceptors (Lipinski definition) is 6. The Morgan fingerprint density at radius 2 is 1.70 bits per heavy atom. The van der Waals surface area contributed by atoms with Crippen LogP contribution in [-0.2, 0) is 0 Å². The number of ether oxygens (including phenoxy) is 2. The third-order valence-corrected chi connectivity index (χ3v) is 4.29. The van der Waals surface area contributed by atoms with Gasteiger partial charge in [0.2, 0.25) is 0 Å². The Labute approximate surface area is 166 Å². The lowest BCUT2D eigenvalue weighted by atomic mass is 10.2. The molecule has 0 fully saturated rings. The van der Waals surface area contributed by atoms with E-state index in [2.05, 4.69) is 36.4 Å². The van der Waals surface area contributed by atoms with Crippen LogP contribution in [0.2, 0.25) is 0 Å². The van der Waals surface area contributed by atoms with Gasteiger partial charge >= 0.3 is 0 Å². The number of benzene rings is 2. The second kappa shape index (κ2) is 8.64. The second-order valence-electron chi connectivity index (χ2n) is 5.71. The first kappa shape index (κ1) is 18.8. The summed E-state index contributed by atoms with van der Waals surface area (Å²) >= 11 is 3.43. The van der Waals surface area contributed by atoms with Crippen LogP contribution in [0, 0.1) is 6.92 Å². The molecule has 0 atom stereocenters. The molecule has 7 heteroatoms. The van der Waals surface area contributed by atoms with Gasteiger partial charge in [0.05, 0.1) is 20.4 Å². The van der Waals surface area contributed by atoms with Crippen molar-refractivity contribution in [2.24, 2.45) is 5.10 Å². The number of hydrogen-bond donors (Lipinski definition) is 1. The molecule has 27 heavy (non-hydrogen) atoms. The van der Waals surface area contributed by atoms with Crippen LogP contribution in [0.25, 0.3) is 11.4 Å². The lowest BCUT2D eigenvalue weighted by Crippen LogP contribution is -1.99. The fraction of sp³-hybridized carbons (Fsp3) is 0.150. The predicted molar refractivity (Wildman–Crippen MR) is 111 cm³/mol. The normalized spacial score (nSPS) is 10.8. The lowest BCUT2D eigenvalue weighted by molar-refractivity contribution is 0.355. The van der Waals surface area contributed by atoms with Gasteiger partial charge in [0.1, 0.15) is 0 Å². The van der Waals surface area contributed by atoms with E-state index in [4.69, 9.17) is 9.47 Å². The van der Waals surface area contributed by atoms with E-state index >= 15 is 0 Å². The first-order valence-electron chi connectivity index (χ1n) is 8.22. The smallest absolute Gasteiger partial charge is 0.161 e. The molecule has 0 aliphatic heterocycles. The van der Waals surface area contributed by atoms with Crippen LogP contribution in [0.15, 0.2) is 58.1 Å². The minimum Gasteiger partial charge on any atom is -0.493 e. The molecule has 0 saturated heterocycles. The number of aryl methyl sites for hydroxylation is 1. The molecule has 0 aliphatic rings. The van der Waals surface area contributed by atoms with Crippen LogP contribution in [-0.4, -0.2) is 30.4 Å². The molecule has 1 heterocycles. The largest absolute Gasteiger partial charge is 0.493 e. The predicted octanol–water partition coefficient (Wildman–Crippen LogP) is 4.68. The number of aromatic nitrogens is 2. The summed E-state index contributed by atoms with van der Waals surface area (Å²) in [6.45, 7) is 1.92. The monoisotopic (exact) mass is 426 g/mol. The van der Waals surface area contributed by atoms with Gasteiger partial charge in [0.15, 0.2) is 23.1 Å². The van der Waals surface area contributed by atoms with Gasteiger partial charge in [0, 0.05) is 21.8 Å². The quantitative estimate of drug-likeness (QED) is 0.457. The first-order chi connectivity index (χ1) is 13.1. The van der Waals surface area contributed by atoms with Crippen molar-refractivity contribution in [2.45, 2.75) is 6.92 Å². The highest BCUT2D eigenvalue weighted by Gasteiger charge is 2.05. The highest BCUT2D eigenvalue weighted by Crippen LogP contribution is 2.27. The number of nitrogens with zero attached hydrogens (tertiary/aromatic N) is 3. The Morgan fingerprint density at radius 1 is 0.963 bits per heavy atom. The van der Waals surface area contributed by atoms with Gasteiger partial charge in [-0.2, -0.15) is 5.10 Å². The fourth-order valence-electron chi connectivity index (χ4n) is 2.46. The molecule has 3 aromatic rings. The van der Waals surface area contributed by atoms with Gasteiger partial charge in [0.25, 0.3) is 0 Å². The summed E-state index contributed by atoms with van der Waals surface area (Å²) in [4.78, 5) is 9.02. The second-order valence-corrected chi connectivity index (χ2v) is 6.63. The van der Waals surface area contributed by atoms with Gasteiger partial charge in [-0.3, -0.25) is 5.43 Å². The molecule has 0 spiro atoms. The molecule has 0 amide bonds. The molecule has 0 bridgehead atoms. The summed E-state index contributed by atoms with van der Waals surface area (Å²) < 4.78 is 11.5. The third-order valence-electron chi connectivity index (χ3n) is 3.76. The zero-order valence-electron chi connectivity index (χ0n) is 15.2. The highest BCUT2D eigenvalue weighted by atomic mass is 79.9. The summed E-state index contributed by atoms with van der Waals surface area (Å²) in [6, 6.07) is 15.3. The van der Waals surface area contributed by atoms with Crippen molar-refractivity contribution in [2.75, 3.05) is 19.6 Å². The van der Waals surface area contributed by atoms with Crippen molar-refractivity contribution in [3.63, 3.8) is 0 Å². The van der Waals surface area contributed by atoms with E-state index in [1.165, 1.54) is 0 Å². The van der Waals surface area contributed by atoms with E-state index < -0.39 is 0 Å². The van der Waals surface area contributed by atoms with Crippen molar-refractivity contribution < 1.29 is 9.47 Å². The summed E-state index contributed by atoms with van der Waals surface area (Å²) in [5.74, 6) is 2.59. The van der Waals surface area contributed by atoms with Crippen LogP contribution in [0.3, 0.4) is 0 Å². The number of hydrazone groups is 1. The minimum absolute atomic E-state index is 0.622. The molecule has 2 aromatic carbocycles. The van der Waals surface area contributed by atoms with Crippen molar-refractivity contribution >= 4 is 28.0 Å². The zero-order valence-corrected chi connectivity index (χ0v) is 16.8. The van der Waals surface area contributed by atoms with Crippen LogP contribution in [0.4, 0.5) is 5.82 Å². The van der Waals surface area contributed by atoms with Gasteiger partial charge in [-0.1, -0.05) is 28.1 Å². The standard InChI is InChI=1S/C20H19BrN4O2/c1-13-10-19(24-20(23-13)15-5-7-16(21)8-6-15)25-22-12-14-4-9-17(26-2)18(11-14)27-3/h4-12H,1-3H3,(H,23,24,25)/b22-12-. The summed E-state index contributed by atoms with van der Waals surface area (Å²) in [5.41, 5.74) is 5.62. The lowest BCUT2D eigenvalue weighted by Gasteiger charge is -2.08. The number of nitrogens with one attached hydrogen (secondary N) is 1. The van der Waals surface area contributed by atoms with Gasteiger partial charge in [-0.25, -0.2) is 9.97 Å². The van der Waals surface area contributed by atoms with Gasteiger partial charge in [-0.15, -0.1) is 0 Å². The maximum absolute atomic E-state index is 5.30. The highest BCUT2D eigenvalue weighted by molar-refractivity contribution is 9.10. The molecule has 0 saturated carbocycles. The first-order valence-corrected chi connectivity index (χ1v) is 9.01. The maximum atomic E-state index is 5.30. The maximum Gasteiger partial charge on any atom is 0.161 e. The molecular weight excluding hydrogens is 408 g/mol. The van der Waals surface area contributed by atoms with E-state index in [1.54, 1.807) is 20.4 Å². The number of rotatable bonds is 6. The fourth-order valence-corrected chi connectivity index (χ4v) is 2.72. The Morgan fingerprint density at radius 3 is 2.41 bits per heavy atom. The average Bonchev–Trinajstić information content (AvgIpc) is 2.68. The molecule has 0 radical (unpaired) electrons. The van der Waals surface area contributed by atoms with Crippen molar-refractivity contribution in [3.05, 3.63) is 64.3 Å². The molecule has 1 N–H and O–H groups in total. The Kier molecular flexibility index (Phi) is 6.03. The van der Waals surface area contributed by atoms with E-state index in [0.29, 0.717) is 23.1 Å². The van der Waals surface area contributed by atoms with E-state index in [1.807, 2.05) is 55.5 Å². The van der Waals surface area contributed by atoms with Crippen molar-refractivity contribution in [1.82, 2.24) is 9.97 Å². The Bertz CT molecular complexity index is 959. The molecule has 6 nitrogen and oxygen atoms in total. The number of halogens is 1. The van der Waals surface area contributed by atoms with Gasteiger partial charge in [-0.05, 0) is 42.8 Å². The van der Waals surface area contributed by atoms with Gasteiger partial charge < -0.3 is 9.47 Å². The summed E-state index contributed by atoms with van der Waals surface area (Å²) in [6.07, 6.45) is 1.69. The number of methoxy groups -OCH3 is 2. The molecular formula is C20H19BrN4O2. The molecule has 138 valence electrons. The number of anilines is 1. The summed E-state index contributed by atoms with van der Waals surface area (Å²) in [7, 11) is 3.21. The third kappa shape index (κ3) is 4.83. The van der Waals surface area contributed by atoms with E-state index in [-0.39, 0.29) is 0 Å². The molecule has 3 rings (SSSR count). The van der Waals surface area contributed by atoms with Crippen LogP contribution < -0.4 is 14.9 Å². The van der Waals surface area contributed by atoms with Crippen molar-refractivity contribution in [3.8, 4) is 22.9 Å².